The third kappa shape index (κ3) is 3.18. The first kappa shape index (κ1) is 17.9. The van der Waals surface area contributed by atoms with Gasteiger partial charge in [0.2, 0.25) is 5.91 Å². The number of halogens is 1. The summed E-state index contributed by atoms with van der Waals surface area (Å²) in [5.74, 6) is 0.514. The molecule has 6 heteroatoms. The van der Waals surface area contributed by atoms with Crippen LogP contribution in [0.5, 0.6) is 5.75 Å². The van der Waals surface area contributed by atoms with Gasteiger partial charge in [0.05, 0.1) is 18.3 Å². The van der Waals surface area contributed by atoms with E-state index < -0.39 is 5.54 Å². The van der Waals surface area contributed by atoms with Crippen molar-refractivity contribution >= 4 is 5.91 Å². The van der Waals surface area contributed by atoms with E-state index in [0.717, 1.165) is 37.1 Å². The van der Waals surface area contributed by atoms with Gasteiger partial charge >= 0.3 is 0 Å². The molecule has 1 N–H and O–H groups in total. The van der Waals surface area contributed by atoms with Crippen LogP contribution in [0.25, 0.3) is 11.1 Å². The largest absolute Gasteiger partial charge is 0.494 e. The number of carbonyl (C=O) groups excluding carboxylic acids is 1. The van der Waals surface area contributed by atoms with Gasteiger partial charge in [0.1, 0.15) is 17.1 Å². The summed E-state index contributed by atoms with van der Waals surface area (Å²) in [4.78, 5) is 18.8. The fourth-order valence-electron chi connectivity index (χ4n) is 4.18. The minimum absolute atomic E-state index is 0.00136. The van der Waals surface area contributed by atoms with Gasteiger partial charge in [-0.1, -0.05) is 0 Å². The van der Waals surface area contributed by atoms with E-state index in [4.69, 9.17) is 4.74 Å². The van der Waals surface area contributed by atoms with Gasteiger partial charge < -0.3 is 9.64 Å². The number of carbonyl (C=O) groups is 1. The summed E-state index contributed by atoms with van der Waals surface area (Å²) in [5, 5.41) is 3.52. The van der Waals surface area contributed by atoms with Crippen molar-refractivity contribution in [3.05, 3.63) is 48.0 Å². The molecular formula is C21H24FN3O2. The summed E-state index contributed by atoms with van der Waals surface area (Å²) >= 11 is 0. The molecule has 0 bridgehead atoms. The predicted molar refractivity (Wildman–Crippen MR) is 101 cm³/mol. The van der Waals surface area contributed by atoms with Crippen molar-refractivity contribution in [2.75, 3.05) is 20.2 Å². The van der Waals surface area contributed by atoms with Crippen molar-refractivity contribution in [1.29, 1.82) is 0 Å². The molecule has 2 aromatic rings. The number of likely N-dealkylation sites (tertiary alicyclic amines) is 1. The molecule has 27 heavy (non-hydrogen) atoms. The molecule has 2 aliphatic heterocycles. The van der Waals surface area contributed by atoms with Crippen LogP contribution in [0, 0.1) is 5.82 Å². The predicted octanol–water partition coefficient (Wildman–Crippen LogP) is 3.31. The molecule has 2 atom stereocenters. The number of amides is 1. The van der Waals surface area contributed by atoms with Gasteiger partial charge in [-0.2, -0.15) is 0 Å². The molecular weight excluding hydrogens is 345 g/mol. The minimum atomic E-state index is -0.461. The van der Waals surface area contributed by atoms with Crippen LogP contribution < -0.4 is 10.1 Å². The van der Waals surface area contributed by atoms with E-state index in [9.17, 15) is 9.18 Å². The van der Waals surface area contributed by atoms with E-state index in [1.165, 1.54) is 6.07 Å². The number of hydrogen-bond donors (Lipinski definition) is 1. The lowest BCUT2D eigenvalue weighted by Gasteiger charge is -2.23. The zero-order chi connectivity index (χ0) is 19.0. The Hall–Kier alpha value is -2.47. The van der Waals surface area contributed by atoms with Crippen LogP contribution >= 0.6 is 0 Å². The molecule has 0 aliphatic carbocycles. The standard InChI is InChI=1S/C21H24FN3O2/c1-3-27-15-4-5-17(22)16(13-15)14-7-10-23-19(12-14)18-6-8-21(24-18)9-11-25(2)20(21)26/h4-5,7,10,12-13,18,24H,3,6,8-9,11H2,1-2H3/t18-,21-/m0/s1. The Balaban J connectivity index is 1.61. The van der Waals surface area contributed by atoms with E-state index in [1.807, 2.05) is 20.0 Å². The maximum absolute atomic E-state index is 14.4. The van der Waals surface area contributed by atoms with Crippen LogP contribution in [-0.2, 0) is 4.79 Å². The average Bonchev–Trinajstić information content (AvgIpc) is 3.24. The van der Waals surface area contributed by atoms with Crippen LogP contribution in [0.15, 0.2) is 36.5 Å². The Bertz CT molecular complexity index is 872. The number of aromatic nitrogens is 1. The number of nitrogens with zero attached hydrogens (tertiary/aromatic N) is 2. The highest BCUT2D eigenvalue weighted by atomic mass is 19.1. The molecule has 3 heterocycles. The van der Waals surface area contributed by atoms with Gasteiger partial charge in [0.15, 0.2) is 0 Å². The number of hydrogen-bond acceptors (Lipinski definition) is 4. The molecule has 1 amide bonds. The number of ether oxygens (including phenoxy) is 1. The molecule has 2 fully saturated rings. The van der Waals surface area contributed by atoms with Gasteiger partial charge in [-0.15, -0.1) is 0 Å². The van der Waals surface area contributed by atoms with Gasteiger partial charge in [0, 0.05) is 25.4 Å². The normalized spacial score (nSPS) is 24.8. The van der Waals surface area contributed by atoms with Gasteiger partial charge in [-0.05, 0) is 62.1 Å². The second-order valence-electron chi connectivity index (χ2n) is 7.34. The fraction of sp³-hybridized carbons (Fsp3) is 0.429. The van der Waals surface area contributed by atoms with Crippen molar-refractivity contribution in [3.63, 3.8) is 0 Å². The SMILES string of the molecule is CCOc1ccc(F)c(-c2ccnc([C@@H]3CC[C@@]4(CCN(C)C4=O)N3)c2)c1. The third-order valence-electron chi connectivity index (χ3n) is 5.64. The number of benzene rings is 1. The zero-order valence-corrected chi connectivity index (χ0v) is 15.7. The number of rotatable bonds is 4. The molecule has 0 radical (unpaired) electrons. The molecule has 2 aliphatic rings. The van der Waals surface area contributed by atoms with Crippen LogP contribution in [0.3, 0.4) is 0 Å². The molecule has 2 saturated heterocycles. The Labute approximate surface area is 158 Å². The van der Waals surface area contributed by atoms with Gasteiger partial charge in [-0.25, -0.2) is 4.39 Å². The van der Waals surface area contributed by atoms with Crippen molar-refractivity contribution in [1.82, 2.24) is 15.2 Å². The molecule has 1 spiro atoms. The first-order valence-corrected chi connectivity index (χ1v) is 9.44. The highest BCUT2D eigenvalue weighted by molar-refractivity contribution is 5.88. The zero-order valence-electron chi connectivity index (χ0n) is 15.7. The van der Waals surface area contributed by atoms with E-state index >= 15 is 0 Å². The number of nitrogens with one attached hydrogen (secondary N) is 1. The monoisotopic (exact) mass is 369 g/mol. The van der Waals surface area contributed by atoms with E-state index in [-0.39, 0.29) is 17.8 Å². The first-order chi connectivity index (χ1) is 13.0. The summed E-state index contributed by atoms with van der Waals surface area (Å²) in [6.45, 7) is 3.21. The maximum atomic E-state index is 14.4. The summed E-state index contributed by atoms with van der Waals surface area (Å²) in [6.07, 6.45) is 4.18. The third-order valence-corrected chi connectivity index (χ3v) is 5.64. The highest BCUT2D eigenvalue weighted by Crippen LogP contribution is 2.39. The van der Waals surface area contributed by atoms with Crippen molar-refractivity contribution < 1.29 is 13.9 Å². The Morgan fingerprint density at radius 3 is 2.93 bits per heavy atom. The Morgan fingerprint density at radius 2 is 2.19 bits per heavy atom. The van der Waals surface area contributed by atoms with Gasteiger partial charge in [0.25, 0.3) is 0 Å². The van der Waals surface area contributed by atoms with Crippen LogP contribution in [-0.4, -0.2) is 41.5 Å². The van der Waals surface area contributed by atoms with Crippen molar-refractivity contribution in [2.24, 2.45) is 0 Å². The van der Waals surface area contributed by atoms with Gasteiger partial charge in [-0.3, -0.25) is 15.1 Å². The Kier molecular flexibility index (Phi) is 4.60. The second-order valence-corrected chi connectivity index (χ2v) is 7.34. The average molecular weight is 369 g/mol. The van der Waals surface area contributed by atoms with Crippen molar-refractivity contribution in [2.45, 2.75) is 37.8 Å². The van der Waals surface area contributed by atoms with Crippen molar-refractivity contribution in [3.8, 4) is 16.9 Å². The maximum Gasteiger partial charge on any atom is 0.242 e. The number of likely N-dealkylation sites (N-methyl/N-ethyl adjacent to an activating group) is 1. The lowest BCUT2D eigenvalue weighted by molar-refractivity contribution is -0.131. The lowest BCUT2D eigenvalue weighted by Crippen LogP contribution is -2.47. The number of pyridine rings is 1. The molecule has 4 rings (SSSR count). The lowest BCUT2D eigenvalue weighted by atomic mass is 9.96. The fourth-order valence-corrected chi connectivity index (χ4v) is 4.18. The summed E-state index contributed by atoms with van der Waals surface area (Å²) in [6, 6.07) is 8.49. The second kappa shape index (κ2) is 6.93. The smallest absolute Gasteiger partial charge is 0.242 e. The van der Waals surface area contributed by atoms with Crippen LogP contribution in [0.2, 0.25) is 0 Å². The molecule has 1 aromatic heterocycles. The van der Waals surface area contributed by atoms with E-state index in [0.29, 0.717) is 17.9 Å². The summed E-state index contributed by atoms with van der Waals surface area (Å²) in [7, 11) is 1.85. The van der Waals surface area contributed by atoms with E-state index in [2.05, 4.69) is 10.3 Å². The summed E-state index contributed by atoms with van der Waals surface area (Å²) in [5.41, 5.74) is 1.63. The van der Waals surface area contributed by atoms with E-state index in [1.54, 1.807) is 29.3 Å². The molecule has 0 unspecified atom stereocenters. The molecule has 1 aromatic carbocycles. The highest BCUT2D eigenvalue weighted by Gasteiger charge is 2.50. The quantitative estimate of drug-likeness (QED) is 0.898. The van der Waals surface area contributed by atoms with Crippen LogP contribution in [0.1, 0.15) is 37.9 Å². The molecule has 0 saturated carbocycles. The molecule has 5 nitrogen and oxygen atoms in total. The topological polar surface area (TPSA) is 54.5 Å². The minimum Gasteiger partial charge on any atom is -0.494 e. The Morgan fingerprint density at radius 1 is 1.33 bits per heavy atom. The molecule has 142 valence electrons. The first-order valence-electron chi connectivity index (χ1n) is 9.44. The van der Waals surface area contributed by atoms with Crippen LogP contribution in [0.4, 0.5) is 4.39 Å². The summed E-state index contributed by atoms with van der Waals surface area (Å²) < 4.78 is 19.9.